The first kappa shape index (κ1) is 12.3. The van der Waals surface area contributed by atoms with Gasteiger partial charge in [-0.15, -0.1) is 0 Å². The van der Waals surface area contributed by atoms with E-state index in [-0.39, 0.29) is 11.5 Å². The van der Waals surface area contributed by atoms with Crippen LogP contribution in [0.5, 0.6) is 11.5 Å². The van der Waals surface area contributed by atoms with Crippen molar-refractivity contribution in [1.29, 1.82) is 0 Å². The van der Waals surface area contributed by atoms with Crippen molar-refractivity contribution < 1.29 is 10.2 Å². The van der Waals surface area contributed by atoms with Gasteiger partial charge in [0.15, 0.2) is 0 Å². The third-order valence-corrected chi connectivity index (χ3v) is 3.22. The molecule has 0 heterocycles. The molecule has 98 valence electrons. The second kappa shape index (κ2) is 5.10. The molecule has 2 nitrogen and oxygen atoms in total. The van der Waals surface area contributed by atoms with Crippen molar-refractivity contribution in [3.63, 3.8) is 0 Å². The molecular formula is C18H14O2. The van der Waals surface area contributed by atoms with Crippen LogP contribution in [-0.4, -0.2) is 10.2 Å². The third-order valence-electron chi connectivity index (χ3n) is 3.22. The average Bonchev–Trinajstić information content (AvgIpc) is 2.47. The van der Waals surface area contributed by atoms with Gasteiger partial charge in [-0.2, -0.15) is 0 Å². The van der Waals surface area contributed by atoms with Crippen LogP contribution in [0.15, 0.2) is 72.8 Å². The predicted molar refractivity (Wildman–Crippen MR) is 80.6 cm³/mol. The molecule has 0 aliphatic carbocycles. The summed E-state index contributed by atoms with van der Waals surface area (Å²) in [5.74, 6) is 0.510. The van der Waals surface area contributed by atoms with Gasteiger partial charge in [0.1, 0.15) is 11.5 Å². The maximum Gasteiger partial charge on any atom is 0.116 e. The van der Waals surface area contributed by atoms with Gasteiger partial charge in [-0.25, -0.2) is 0 Å². The molecule has 0 radical (unpaired) electrons. The van der Waals surface area contributed by atoms with E-state index in [2.05, 4.69) is 0 Å². The van der Waals surface area contributed by atoms with E-state index in [1.54, 1.807) is 24.3 Å². The molecule has 0 saturated carbocycles. The van der Waals surface area contributed by atoms with Crippen LogP contribution >= 0.6 is 0 Å². The fourth-order valence-corrected chi connectivity index (χ4v) is 2.25. The van der Waals surface area contributed by atoms with Gasteiger partial charge >= 0.3 is 0 Å². The lowest BCUT2D eigenvalue weighted by molar-refractivity contribution is 0.475. The summed E-state index contributed by atoms with van der Waals surface area (Å²) < 4.78 is 0. The number of hydrogen-bond acceptors (Lipinski definition) is 2. The maximum atomic E-state index is 9.56. The molecule has 0 aliphatic heterocycles. The van der Waals surface area contributed by atoms with E-state index in [1.165, 1.54) is 0 Å². The van der Waals surface area contributed by atoms with E-state index in [1.807, 2.05) is 48.5 Å². The summed E-state index contributed by atoms with van der Waals surface area (Å²) in [6.45, 7) is 0. The second-order valence-electron chi connectivity index (χ2n) is 4.68. The summed E-state index contributed by atoms with van der Waals surface area (Å²) >= 11 is 0. The molecule has 3 aromatic rings. The minimum Gasteiger partial charge on any atom is -0.508 e. The van der Waals surface area contributed by atoms with Crippen LogP contribution in [-0.2, 0) is 0 Å². The van der Waals surface area contributed by atoms with Gasteiger partial charge < -0.3 is 10.2 Å². The van der Waals surface area contributed by atoms with Gasteiger partial charge in [-0.05, 0) is 52.6 Å². The molecular weight excluding hydrogens is 248 g/mol. The number of hydrogen-bond donors (Lipinski definition) is 2. The van der Waals surface area contributed by atoms with E-state index >= 15 is 0 Å². The Labute approximate surface area is 117 Å². The Morgan fingerprint density at radius 1 is 0.450 bits per heavy atom. The van der Waals surface area contributed by atoms with Crippen molar-refractivity contribution in [1.82, 2.24) is 0 Å². The van der Waals surface area contributed by atoms with Crippen LogP contribution in [0, 0.1) is 0 Å². The SMILES string of the molecule is Oc1cccc(-c2cccc(-c3cccc(O)c3)c2)c1. The van der Waals surface area contributed by atoms with Crippen molar-refractivity contribution in [3.8, 4) is 33.8 Å². The van der Waals surface area contributed by atoms with E-state index in [4.69, 9.17) is 0 Å². The van der Waals surface area contributed by atoms with Crippen LogP contribution < -0.4 is 0 Å². The molecule has 0 fully saturated rings. The molecule has 3 aromatic carbocycles. The summed E-state index contributed by atoms with van der Waals surface area (Å²) in [6, 6.07) is 22.4. The van der Waals surface area contributed by atoms with Crippen molar-refractivity contribution in [2.24, 2.45) is 0 Å². The normalized spacial score (nSPS) is 10.4. The zero-order chi connectivity index (χ0) is 13.9. The second-order valence-corrected chi connectivity index (χ2v) is 4.68. The zero-order valence-electron chi connectivity index (χ0n) is 10.8. The quantitative estimate of drug-likeness (QED) is 0.717. The molecule has 2 heteroatoms. The van der Waals surface area contributed by atoms with Gasteiger partial charge in [-0.1, -0.05) is 42.5 Å². The van der Waals surface area contributed by atoms with Gasteiger partial charge in [-0.3, -0.25) is 0 Å². The topological polar surface area (TPSA) is 40.5 Å². The molecule has 0 aromatic heterocycles. The van der Waals surface area contributed by atoms with Crippen LogP contribution in [0.25, 0.3) is 22.3 Å². The lowest BCUT2D eigenvalue weighted by Crippen LogP contribution is -1.81. The first-order chi connectivity index (χ1) is 9.72. The monoisotopic (exact) mass is 262 g/mol. The number of rotatable bonds is 2. The van der Waals surface area contributed by atoms with E-state index in [9.17, 15) is 10.2 Å². The summed E-state index contributed by atoms with van der Waals surface area (Å²) in [5.41, 5.74) is 3.99. The molecule has 0 saturated heterocycles. The predicted octanol–water partition coefficient (Wildman–Crippen LogP) is 4.43. The highest BCUT2D eigenvalue weighted by molar-refractivity contribution is 5.74. The molecule has 20 heavy (non-hydrogen) atoms. The van der Waals surface area contributed by atoms with Gasteiger partial charge in [0.25, 0.3) is 0 Å². The van der Waals surface area contributed by atoms with Crippen LogP contribution in [0.3, 0.4) is 0 Å². The Morgan fingerprint density at radius 3 is 1.20 bits per heavy atom. The molecule has 0 unspecified atom stereocenters. The Bertz CT molecular complexity index is 687. The zero-order valence-corrected chi connectivity index (χ0v) is 10.8. The lowest BCUT2D eigenvalue weighted by atomic mass is 9.99. The Kier molecular flexibility index (Phi) is 3.13. The maximum absolute atomic E-state index is 9.56. The molecule has 0 aliphatic rings. The lowest BCUT2D eigenvalue weighted by Gasteiger charge is -2.07. The molecule has 0 atom stereocenters. The number of benzene rings is 3. The highest BCUT2D eigenvalue weighted by Crippen LogP contribution is 2.29. The summed E-state index contributed by atoms with van der Waals surface area (Å²) in [6.07, 6.45) is 0. The molecule has 2 N–H and O–H groups in total. The van der Waals surface area contributed by atoms with E-state index in [0.29, 0.717) is 0 Å². The Hall–Kier alpha value is -2.74. The number of aromatic hydroxyl groups is 2. The van der Waals surface area contributed by atoms with Crippen molar-refractivity contribution in [3.05, 3.63) is 72.8 Å². The first-order valence-corrected chi connectivity index (χ1v) is 6.41. The first-order valence-electron chi connectivity index (χ1n) is 6.41. The minimum atomic E-state index is 0.255. The molecule has 0 bridgehead atoms. The summed E-state index contributed by atoms with van der Waals surface area (Å²) in [4.78, 5) is 0. The summed E-state index contributed by atoms with van der Waals surface area (Å²) in [7, 11) is 0. The smallest absolute Gasteiger partial charge is 0.116 e. The van der Waals surface area contributed by atoms with Crippen molar-refractivity contribution in [2.45, 2.75) is 0 Å². The minimum absolute atomic E-state index is 0.255. The number of phenolic OH excluding ortho intramolecular Hbond substituents is 2. The van der Waals surface area contributed by atoms with Crippen LogP contribution in [0.4, 0.5) is 0 Å². The fraction of sp³-hybridized carbons (Fsp3) is 0. The van der Waals surface area contributed by atoms with Crippen LogP contribution in [0.1, 0.15) is 0 Å². The van der Waals surface area contributed by atoms with Gasteiger partial charge in [0.05, 0.1) is 0 Å². The average molecular weight is 262 g/mol. The standard InChI is InChI=1S/C18H14O2/c19-17-8-2-6-15(11-17)13-4-1-5-14(10-13)16-7-3-9-18(20)12-16/h1-12,19-20H. The van der Waals surface area contributed by atoms with Gasteiger partial charge in [0.2, 0.25) is 0 Å². The van der Waals surface area contributed by atoms with E-state index < -0.39 is 0 Å². The molecule has 3 rings (SSSR count). The van der Waals surface area contributed by atoms with E-state index in [0.717, 1.165) is 22.3 Å². The molecule has 0 amide bonds. The summed E-state index contributed by atoms with van der Waals surface area (Å²) in [5, 5.41) is 19.1. The highest BCUT2D eigenvalue weighted by atomic mass is 16.3. The number of phenols is 2. The third kappa shape index (κ3) is 2.50. The Balaban J connectivity index is 2.06. The Morgan fingerprint density at radius 2 is 0.800 bits per heavy atom. The van der Waals surface area contributed by atoms with Crippen molar-refractivity contribution >= 4 is 0 Å². The molecule has 0 spiro atoms. The fourth-order valence-electron chi connectivity index (χ4n) is 2.25. The van der Waals surface area contributed by atoms with Crippen molar-refractivity contribution in [2.75, 3.05) is 0 Å². The largest absolute Gasteiger partial charge is 0.508 e. The van der Waals surface area contributed by atoms with Gasteiger partial charge in [0, 0.05) is 0 Å². The highest BCUT2D eigenvalue weighted by Gasteiger charge is 2.03. The van der Waals surface area contributed by atoms with Crippen LogP contribution in [0.2, 0.25) is 0 Å².